The summed E-state index contributed by atoms with van der Waals surface area (Å²) in [5, 5.41) is 14.5. The first-order chi connectivity index (χ1) is 16.2. The summed E-state index contributed by atoms with van der Waals surface area (Å²) in [4.78, 5) is 13.1. The maximum atomic E-state index is 15.1. The first kappa shape index (κ1) is 21.2. The van der Waals surface area contributed by atoms with Crippen LogP contribution in [-0.4, -0.2) is 45.0 Å². The van der Waals surface area contributed by atoms with Gasteiger partial charge in [-0.05, 0) is 19.9 Å². The molecule has 7 nitrogen and oxygen atoms in total. The first-order valence-corrected chi connectivity index (χ1v) is 10.8. The third kappa shape index (κ3) is 2.99. The van der Waals surface area contributed by atoms with Crippen molar-refractivity contribution in [2.75, 3.05) is 6.54 Å². The van der Waals surface area contributed by atoms with Crippen LogP contribution in [0.2, 0.25) is 0 Å². The van der Waals surface area contributed by atoms with Crippen molar-refractivity contribution >= 4 is 6.08 Å². The first-order valence-electron chi connectivity index (χ1n) is 10.8. The molecule has 5 heterocycles. The van der Waals surface area contributed by atoms with Gasteiger partial charge >= 0.3 is 6.61 Å². The molecular weight excluding hydrogens is 447 g/mol. The van der Waals surface area contributed by atoms with E-state index in [0.29, 0.717) is 22.7 Å². The van der Waals surface area contributed by atoms with Crippen LogP contribution in [0.4, 0.5) is 13.2 Å². The maximum absolute atomic E-state index is 15.1. The molecule has 1 aromatic carbocycles. The normalized spacial score (nSPS) is 26.4. The summed E-state index contributed by atoms with van der Waals surface area (Å²) in [6, 6.07) is 2.70. The van der Waals surface area contributed by atoms with E-state index in [1.54, 1.807) is 32.1 Å². The van der Waals surface area contributed by atoms with Gasteiger partial charge in [0.2, 0.25) is 12.0 Å². The highest BCUT2D eigenvalue weighted by atomic mass is 19.3. The Bertz CT molecular complexity index is 1430. The van der Waals surface area contributed by atoms with Gasteiger partial charge in [0.05, 0.1) is 5.36 Å². The SMILES string of the molecule is CC(C)(O)c1ncc(-c2cc3c(cc2F)=N[C@@H]2C[N@@+]45C(=CC=CC4OC(F)F)NC2=C5C=3)cn1. The van der Waals surface area contributed by atoms with Gasteiger partial charge in [-0.1, -0.05) is 6.08 Å². The zero-order valence-electron chi connectivity index (χ0n) is 18.3. The van der Waals surface area contributed by atoms with Crippen molar-refractivity contribution in [1.82, 2.24) is 15.3 Å². The van der Waals surface area contributed by atoms with Crippen molar-refractivity contribution in [1.29, 1.82) is 0 Å². The number of aromatic nitrogens is 2. The van der Waals surface area contributed by atoms with Crippen LogP contribution < -0.4 is 15.9 Å². The number of alkyl halides is 2. The molecule has 4 aliphatic rings. The van der Waals surface area contributed by atoms with Crippen LogP contribution in [-0.2, 0) is 10.3 Å². The fourth-order valence-corrected chi connectivity index (χ4v) is 5.08. The third-order valence-corrected chi connectivity index (χ3v) is 6.61. The van der Waals surface area contributed by atoms with Crippen LogP contribution in [0.15, 0.2) is 65.0 Å². The highest BCUT2D eigenvalue weighted by Crippen LogP contribution is 2.48. The van der Waals surface area contributed by atoms with E-state index in [0.717, 1.165) is 17.2 Å². The molecule has 0 amide bonds. The Kier molecular flexibility index (Phi) is 4.42. The quantitative estimate of drug-likeness (QED) is 0.671. The Morgan fingerprint density at radius 2 is 2.00 bits per heavy atom. The summed E-state index contributed by atoms with van der Waals surface area (Å²) < 4.78 is 46.6. The van der Waals surface area contributed by atoms with Crippen molar-refractivity contribution < 1.29 is 27.5 Å². The zero-order chi connectivity index (χ0) is 23.8. The van der Waals surface area contributed by atoms with Crippen LogP contribution in [0.1, 0.15) is 19.7 Å². The number of nitrogens with zero attached hydrogens (tertiary/aromatic N) is 4. The molecule has 0 saturated heterocycles. The molecule has 0 radical (unpaired) electrons. The fourth-order valence-electron chi connectivity index (χ4n) is 5.08. The van der Waals surface area contributed by atoms with Gasteiger partial charge in [-0.3, -0.25) is 9.73 Å². The molecule has 1 aromatic heterocycles. The van der Waals surface area contributed by atoms with E-state index in [2.05, 4.69) is 15.3 Å². The summed E-state index contributed by atoms with van der Waals surface area (Å²) in [6.45, 7) is 0.626. The summed E-state index contributed by atoms with van der Waals surface area (Å²) in [7, 11) is 0. The molecule has 2 aromatic rings. The second-order valence-corrected chi connectivity index (χ2v) is 9.23. The number of halogens is 3. The minimum absolute atomic E-state index is 0.0693. The van der Waals surface area contributed by atoms with Crippen molar-refractivity contribution in [3.63, 3.8) is 0 Å². The number of rotatable bonds is 4. The van der Waals surface area contributed by atoms with Crippen LogP contribution in [0.25, 0.3) is 17.2 Å². The standard InChI is InChI=1S/C24H21F3N5O2/c1-24(2,33)22-28-9-13(10-29-22)14-6-12-7-18-21-17(30-16(12)8-15(14)25)11-32(18)19(31-21)4-3-5-20(32)34-23(26)27/h3-10,17,20,23,31,33H,11H2,1-2H3/q+1/t17-,20?,32-/m1/s1. The second kappa shape index (κ2) is 7.08. The molecule has 6 rings (SSSR count). The van der Waals surface area contributed by atoms with Crippen LogP contribution >= 0.6 is 0 Å². The van der Waals surface area contributed by atoms with E-state index in [-0.39, 0.29) is 21.9 Å². The Balaban J connectivity index is 1.47. The largest absolute Gasteiger partial charge is 0.382 e. The van der Waals surface area contributed by atoms with Gasteiger partial charge < -0.3 is 10.4 Å². The van der Waals surface area contributed by atoms with Crippen molar-refractivity contribution in [3.8, 4) is 11.1 Å². The molecule has 3 atom stereocenters. The fraction of sp³-hybridized carbons (Fsp3) is 0.292. The van der Waals surface area contributed by atoms with Crippen molar-refractivity contribution in [3.05, 3.63) is 82.2 Å². The number of hydrogen-bond acceptors (Lipinski definition) is 6. The monoisotopic (exact) mass is 468 g/mol. The molecule has 4 bridgehead atoms. The molecule has 1 spiro atoms. The number of nitrogens with one attached hydrogen (secondary N) is 1. The number of benzene rings is 1. The average molecular weight is 468 g/mol. The highest BCUT2D eigenvalue weighted by molar-refractivity contribution is 5.64. The van der Waals surface area contributed by atoms with Gasteiger partial charge in [0, 0.05) is 53.0 Å². The molecule has 34 heavy (non-hydrogen) atoms. The van der Waals surface area contributed by atoms with Gasteiger partial charge in [0.25, 0.3) is 0 Å². The Hall–Kier alpha value is -3.34. The summed E-state index contributed by atoms with van der Waals surface area (Å²) >= 11 is 0. The lowest BCUT2D eigenvalue weighted by Crippen LogP contribution is -2.58. The lowest BCUT2D eigenvalue weighted by molar-refractivity contribution is -0.891. The molecular formula is C24H21F3N5O2+. The second-order valence-electron chi connectivity index (χ2n) is 9.23. The van der Waals surface area contributed by atoms with Gasteiger partial charge in [-0.15, -0.1) is 0 Å². The molecule has 4 aliphatic heterocycles. The van der Waals surface area contributed by atoms with E-state index < -0.39 is 24.3 Å². The molecule has 174 valence electrons. The van der Waals surface area contributed by atoms with Crippen molar-refractivity contribution in [2.45, 2.75) is 38.3 Å². The predicted octanol–water partition coefficient (Wildman–Crippen LogP) is 1.91. The molecule has 0 saturated carbocycles. The lowest BCUT2D eigenvalue weighted by atomic mass is 10.0. The number of ether oxygens (including phenoxy) is 1. The van der Waals surface area contributed by atoms with Crippen molar-refractivity contribution in [2.24, 2.45) is 4.99 Å². The number of quaternary nitrogens is 1. The Morgan fingerprint density at radius 1 is 1.24 bits per heavy atom. The molecule has 0 aliphatic carbocycles. The smallest absolute Gasteiger partial charge is 0.349 e. The molecule has 1 unspecified atom stereocenters. The Labute approximate surface area is 192 Å². The van der Waals surface area contributed by atoms with Crippen LogP contribution in [0.3, 0.4) is 0 Å². The number of fused-ring (bicyclic) bond motifs is 1. The molecule has 10 heteroatoms. The minimum atomic E-state index is -2.93. The van der Waals surface area contributed by atoms with E-state index in [1.165, 1.54) is 18.5 Å². The average Bonchev–Trinajstić information content (AvgIpc) is 3.17. The zero-order valence-corrected chi connectivity index (χ0v) is 18.3. The van der Waals surface area contributed by atoms with E-state index in [4.69, 9.17) is 9.73 Å². The van der Waals surface area contributed by atoms with Crippen LogP contribution in [0.5, 0.6) is 0 Å². The summed E-state index contributed by atoms with van der Waals surface area (Å²) in [5.41, 5.74) is 1.10. The number of aliphatic hydroxyl groups is 1. The molecule has 2 N–H and O–H groups in total. The van der Waals surface area contributed by atoms with Gasteiger partial charge in [-0.25, -0.2) is 18.8 Å². The maximum Gasteiger partial charge on any atom is 0.349 e. The van der Waals surface area contributed by atoms with Gasteiger partial charge in [-0.2, -0.15) is 8.78 Å². The molecule has 0 fully saturated rings. The third-order valence-electron chi connectivity index (χ3n) is 6.61. The number of hydrogen-bond donors (Lipinski definition) is 2. The minimum Gasteiger partial charge on any atom is -0.382 e. The van der Waals surface area contributed by atoms with Gasteiger partial charge in [0.15, 0.2) is 11.5 Å². The summed E-state index contributed by atoms with van der Waals surface area (Å²) in [5.74, 6) is 0.502. The van der Waals surface area contributed by atoms with E-state index in [1.807, 2.05) is 12.2 Å². The lowest BCUT2D eigenvalue weighted by Gasteiger charge is -2.41. The topological polar surface area (TPSA) is 79.6 Å². The predicted molar refractivity (Wildman–Crippen MR) is 115 cm³/mol. The summed E-state index contributed by atoms with van der Waals surface area (Å²) in [6.07, 6.45) is 9.07. The van der Waals surface area contributed by atoms with Crippen LogP contribution in [0, 0.1) is 5.82 Å². The highest BCUT2D eigenvalue weighted by Gasteiger charge is 2.60. The van der Waals surface area contributed by atoms with E-state index in [9.17, 15) is 13.9 Å². The van der Waals surface area contributed by atoms with Gasteiger partial charge in [0.1, 0.15) is 29.7 Å². The van der Waals surface area contributed by atoms with E-state index >= 15 is 4.39 Å². The Morgan fingerprint density at radius 3 is 2.71 bits per heavy atom. The number of allylic oxidation sites excluding steroid dienone is 3.